The number of rotatable bonds is 5. The molecule has 0 aliphatic rings. The molecule has 5 nitrogen and oxygen atoms in total. The summed E-state index contributed by atoms with van der Waals surface area (Å²) in [5, 5.41) is 27.5. The molecule has 0 spiro atoms. The van der Waals surface area contributed by atoms with E-state index in [9.17, 15) is 15.0 Å². The predicted octanol–water partition coefficient (Wildman–Crippen LogP) is 0.0328. The van der Waals surface area contributed by atoms with Crippen LogP contribution in [0.5, 0.6) is 0 Å². The molecule has 6 heteroatoms. The molecule has 0 aliphatic heterocycles. The number of carboxylic acid groups (broad SMARTS) is 1. The molecular formula is C10H13NO4S. The normalized spacial score (nSPS) is 14.4. The Morgan fingerprint density at radius 2 is 2.12 bits per heavy atom. The van der Waals surface area contributed by atoms with E-state index in [1.807, 2.05) is 0 Å². The van der Waals surface area contributed by atoms with Crippen LogP contribution in [0.3, 0.4) is 0 Å². The zero-order valence-electron chi connectivity index (χ0n) is 8.45. The molecule has 0 fully saturated rings. The molecule has 0 aromatic carbocycles. The zero-order chi connectivity index (χ0) is 12.1. The van der Waals surface area contributed by atoms with Gasteiger partial charge in [-0.25, -0.2) is 0 Å². The molecule has 0 radical (unpaired) electrons. The molecule has 1 heterocycles. The summed E-state index contributed by atoms with van der Waals surface area (Å²) in [6, 6.07) is 3.06. The van der Waals surface area contributed by atoms with Crippen LogP contribution in [-0.4, -0.2) is 38.1 Å². The van der Waals surface area contributed by atoms with Crippen molar-refractivity contribution in [2.24, 2.45) is 0 Å². The molecule has 0 saturated heterocycles. The Morgan fingerprint density at radius 3 is 2.56 bits per heavy atom. The molecular weight excluding hydrogens is 230 g/mol. The number of carbonyl (C=O) groups is 1. The highest BCUT2D eigenvalue weighted by Gasteiger charge is 2.17. The zero-order valence-corrected chi connectivity index (χ0v) is 9.34. The molecule has 16 heavy (non-hydrogen) atoms. The number of aromatic nitrogens is 1. The van der Waals surface area contributed by atoms with E-state index >= 15 is 0 Å². The maximum atomic E-state index is 10.4. The van der Waals surface area contributed by atoms with Crippen LogP contribution in [-0.2, 0) is 11.2 Å². The second-order valence-electron chi connectivity index (χ2n) is 3.35. The molecule has 2 unspecified atom stereocenters. The summed E-state index contributed by atoms with van der Waals surface area (Å²) in [6.07, 6.45) is -0.819. The summed E-state index contributed by atoms with van der Waals surface area (Å²) in [4.78, 5) is 14.3. The fourth-order valence-electron chi connectivity index (χ4n) is 1.19. The van der Waals surface area contributed by atoms with Crippen molar-refractivity contribution in [3.63, 3.8) is 0 Å². The Labute approximate surface area is 98.2 Å². The first-order chi connectivity index (χ1) is 7.54. The monoisotopic (exact) mass is 243 g/mol. The third-order valence-electron chi connectivity index (χ3n) is 2.07. The average molecular weight is 243 g/mol. The summed E-state index contributed by atoms with van der Waals surface area (Å²) < 4.78 is 0. The second kappa shape index (κ2) is 5.83. The van der Waals surface area contributed by atoms with Gasteiger partial charge in [0.2, 0.25) is 0 Å². The lowest BCUT2D eigenvalue weighted by Gasteiger charge is -2.15. The molecule has 1 aromatic rings. The van der Waals surface area contributed by atoms with Crippen molar-refractivity contribution in [2.75, 3.05) is 5.75 Å². The lowest BCUT2D eigenvalue weighted by molar-refractivity contribution is -0.136. The van der Waals surface area contributed by atoms with Gasteiger partial charge in [0.1, 0.15) is 6.10 Å². The van der Waals surface area contributed by atoms with Crippen molar-refractivity contribution in [1.82, 2.24) is 4.98 Å². The first kappa shape index (κ1) is 13.0. The van der Waals surface area contributed by atoms with Crippen LogP contribution >= 0.6 is 12.6 Å². The third kappa shape index (κ3) is 3.48. The van der Waals surface area contributed by atoms with Gasteiger partial charge in [0.15, 0.2) is 0 Å². The van der Waals surface area contributed by atoms with Crippen LogP contribution in [0.15, 0.2) is 18.3 Å². The number of aliphatic carboxylic acids is 1. The van der Waals surface area contributed by atoms with E-state index in [1.54, 1.807) is 6.07 Å². The summed E-state index contributed by atoms with van der Waals surface area (Å²) in [6.45, 7) is 0. The number of carboxylic acids is 1. The maximum Gasteiger partial charge on any atom is 0.309 e. The van der Waals surface area contributed by atoms with E-state index in [1.165, 1.54) is 12.3 Å². The fourth-order valence-corrected chi connectivity index (χ4v) is 1.39. The SMILES string of the molecule is O=C(O)Cc1ccc(C(O)C(O)CS)cn1. The van der Waals surface area contributed by atoms with Gasteiger partial charge in [0.25, 0.3) is 0 Å². The van der Waals surface area contributed by atoms with E-state index in [0.717, 1.165) is 0 Å². The molecule has 1 aromatic heterocycles. The minimum Gasteiger partial charge on any atom is -0.481 e. The minimum absolute atomic E-state index is 0.137. The molecule has 88 valence electrons. The fraction of sp³-hybridized carbons (Fsp3) is 0.400. The van der Waals surface area contributed by atoms with Crippen molar-refractivity contribution in [3.8, 4) is 0 Å². The Morgan fingerprint density at radius 1 is 1.44 bits per heavy atom. The van der Waals surface area contributed by atoms with Crippen LogP contribution in [0.2, 0.25) is 0 Å². The molecule has 0 aliphatic carbocycles. The summed E-state index contributed by atoms with van der Waals surface area (Å²) in [5.41, 5.74) is 0.847. The van der Waals surface area contributed by atoms with Crippen molar-refractivity contribution in [3.05, 3.63) is 29.6 Å². The largest absolute Gasteiger partial charge is 0.481 e. The first-order valence-electron chi connectivity index (χ1n) is 4.68. The molecule has 2 atom stereocenters. The highest BCUT2D eigenvalue weighted by molar-refractivity contribution is 7.80. The van der Waals surface area contributed by atoms with Gasteiger partial charge in [-0.15, -0.1) is 0 Å². The smallest absolute Gasteiger partial charge is 0.309 e. The average Bonchev–Trinajstić information content (AvgIpc) is 2.27. The van der Waals surface area contributed by atoms with Crippen LogP contribution in [0.4, 0.5) is 0 Å². The van der Waals surface area contributed by atoms with Crippen molar-refractivity contribution < 1.29 is 20.1 Å². The number of hydrogen-bond acceptors (Lipinski definition) is 5. The van der Waals surface area contributed by atoms with Crippen LogP contribution in [0.25, 0.3) is 0 Å². The van der Waals surface area contributed by atoms with Gasteiger partial charge >= 0.3 is 5.97 Å². The first-order valence-corrected chi connectivity index (χ1v) is 5.31. The van der Waals surface area contributed by atoms with Crippen molar-refractivity contribution in [1.29, 1.82) is 0 Å². The number of thiol groups is 1. The predicted molar refractivity (Wildman–Crippen MR) is 60.4 cm³/mol. The lowest BCUT2D eigenvalue weighted by Crippen LogP contribution is -2.20. The third-order valence-corrected chi connectivity index (χ3v) is 2.45. The molecule has 0 amide bonds. The van der Waals surface area contributed by atoms with Gasteiger partial charge in [-0.2, -0.15) is 12.6 Å². The second-order valence-corrected chi connectivity index (χ2v) is 3.71. The number of nitrogens with zero attached hydrogens (tertiary/aromatic N) is 1. The van der Waals surface area contributed by atoms with Crippen molar-refractivity contribution >= 4 is 18.6 Å². The van der Waals surface area contributed by atoms with Gasteiger partial charge in [-0.05, 0) is 6.07 Å². The highest BCUT2D eigenvalue weighted by atomic mass is 32.1. The number of hydrogen-bond donors (Lipinski definition) is 4. The number of pyridine rings is 1. The summed E-state index contributed by atoms with van der Waals surface area (Å²) in [7, 11) is 0. The summed E-state index contributed by atoms with van der Waals surface area (Å²) >= 11 is 3.86. The molecule has 0 saturated carbocycles. The Balaban J connectivity index is 2.74. The van der Waals surface area contributed by atoms with Gasteiger partial charge in [0, 0.05) is 17.5 Å². The standard InChI is InChI=1S/C10H13NO4S/c12-8(5-16)10(15)6-1-2-7(11-4-6)3-9(13)14/h1-2,4,8,10,12,15-16H,3,5H2,(H,13,14). The quantitative estimate of drug-likeness (QED) is 0.548. The van der Waals surface area contributed by atoms with E-state index in [4.69, 9.17) is 5.11 Å². The van der Waals surface area contributed by atoms with Gasteiger partial charge in [0.05, 0.1) is 18.2 Å². The topological polar surface area (TPSA) is 90.7 Å². The van der Waals surface area contributed by atoms with Crippen molar-refractivity contribution in [2.45, 2.75) is 18.6 Å². The minimum atomic E-state index is -1.05. The van der Waals surface area contributed by atoms with E-state index in [-0.39, 0.29) is 12.2 Å². The number of aliphatic hydroxyl groups is 2. The van der Waals surface area contributed by atoms with Crippen LogP contribution < -0.4 is 0 Å². The summed E-state index contributed by atoms with van der Waals surface area (Å²) in [5.74, 6) is -0.825. The van der Waals surface area contributed by atoms with Gasteiger partial charge in [-0.1, -0.05) is 6.07 Å². The van der Waals surface area contributed by atoms with E-state index in [0.29, 0.717) is 11.3 Å². The molecule has 3 N–H and O–H groups in total. The number of aliphatic hydroxyl groups excluding tert-OH is 2. The maximum absolute atomic E-state index is 10.4. The lowest BCUT2D eigenvalue weighted by atomic mass is 10.1. The van der Waals surface area contributed by atoms with E-state index in [2.05, 4.69) is 17.6 Å². The molecule has 1 rings (SSSR count). The van der Waals surface area contributed by atoms with Gasteiger partial charge < -0.3 is 15.3 Å². The van der Waals surface area contributed by atoms with E-state index < -0.39 is 18.2 Å². The Bertz CT molecular complexity index is 354. The Hall–Kier alpha value is -1.11. The van der Waals surface area contributed by atoms with Crippen LogP contribution in [0.1, 0.15) is 17.4 Å². The molecule has 0 bridgehead atoms. The highest BCUT2D eigenvalue weighted by Crippen LogP contribution is 2.17. The van der Waals surface area contributed by atoms with Crippen LogP contribution in [0, 0.1) is 0 Å². The van der Waals surface area contributed by atoms with Gasteiger partial charge in [-0.3, -0.25) is 9.78 Å². The Kier molecular flexibility index (Phi) is 4.72.